The number of carboxylic acid groups (broad SMARTS) is 1. The van der Waals surface area contributed by atoms with Crippen LogP contribution in [0.5, 0.6) is 11.5 Å². The van der Waals surface area contributed by atoms with Crippen LogP contribution >= 0.6 is 11.6 Å². The molecule has 4 aromatic carbocycles. The number of nitrogens with zero attached hydrogens (tertiary/aromatic N) is 1. The Kier molecular flexibility index (Phi) is 9.97. The van der Waals surface area contributed by atoms with Gasteiger partial charge in [-0.2, -0.15) is 0 Å². The van der Waals surface area contributed by atoms with Gasteiger partial charge in [0.1, 0.15) is 11.5 Å². The molecule has 2 N–H and O–H groups in total. The van der Waals surface area contributed by atoms with Crippen molar-refractivity contribution in [3.8, 4) is 22.6 Å². The number of carbonyl (C=O) groups excluding carboxylic acids is 1. The van der Waals surface area contributed by atoms with E-state index in [0.717, 1.165) is 16.9 Å². The molecule has 7 heteroatoms. The average Bonchev–Trinajstić information content (AvgIpc) is 2.99. The van der Waals surface area contributed by atoms with Gasteiger partial charge >= 0.3 is 5.97 Å². The number of nitrogens with one attached hydrogen (secondary N) is 1. The van der Waals surface area contributed by atoms with Crippen molar-refractivity contribution in [1.29, 1.82) is 0 Å². The highest BCUT2D eigenvalue weighted by molar-refractivity contribution is 6.29. The van der Waals surface area contributed by atoms with Gasteiger partial charge in [0.05, 0.1) is 12.5 Å². The molecule has 1 atom stereocenters. The number of ether oxygens (including phenoxy) is 1. The maximum atomic E-state index is 13.7. The van der Waals surface area contributed by atoms with Gasteiger partial charge in [0.15, 0.2) is 0 Å². The zero-order chi connectivity index (χ0) is 29.2. The van der Waals surface area contributed by atoms with E-state index in [1.54, 1.807) is 50.3 Å². The van der Waals surface area contributed by atoms with Crippen LogP contribution < -0.4 is 10.2 Å². The van der Waals surface area contributed by atoms with E-state index >= 15 is 0 Å². The summed E-state index contributed by atoms with van der Waals surface area (Å²) in [5, 5.41) is 11.8. The molecule has 0 aliphatic carbocycles. The Balaban J connectivity index is 1.70. The molecule has 41 heavy (non-hydrogen) atoms. The second kappa shape index (κ2) is 14.0. The number of carboxylic acids is 1. The van der Waals surface area contributed by atoms with Gasteiger partial charge in [-0.15, -0.1) is 0 Å². The molecule has 1 amide bonds. The van der Waals surface area contributed by atoms with Gasteiger partial charge in [-0.1, -0.05) is 90.5 Å². The van der Waals surface area contributed by atoms with Crippen molar-refractivity contribution in [2.45, 2.75) is 26.3 Å². The Morgan fingerprint density at radius 3 is 2.10 bits per heavy atom. The van der Waals surface area contributed by atoms with Crippen molar-refractivity contribution < 1.29 is 19.4 Å². The lowest BCUT2D eigenvalue weighted by atomic mass is 9.97. The standard InChI is InChI=1S/C34H31ClN2O4/c1-24(35)17-18-25(2)36-37(34(40)28-11-5-3-6-12-28)31(23-33(38)39)27-21-19-26(20-22-27)30-15-9-10-16-32(30)41-29-13-7-4-8-14-29/h3-22,31,36H,23H2,1-2H3,(H,38,39). The first-order chi connectivity index (χ1) is 19.8. The molecule has 6 nitrogen and oxygen atoms in total. The molecule has 0 spiro atoms. The Bertz CT molecular complexity index is 1530. The predicted octanol–water partition coefficient (Wildman–Crippen LogP) is 8.36. The molecule has 1 unspecified atom stereocenters. The second-order valence-electron chi connectivity index (χ2n) is 9.40. The molecule has 0 saturated heterocycles. The van der Waals surface area contributed by atoms with Crippen LogP contribution in [0.1, 0.15) is 42.2 Å². The summed E-state index contributed by atoms with van der Waals surface area (Å²) in [6, 6.07) is 32.7. The lowest BCUT2D eigenvalue weighted by Crippen LogP contribution is -2.45. The highest BCUT2D eigenvalue weighted by atomic mass is 35.5. The van der Waals surface area contributed by atoms with Crippen molar-refractivity contribution >= 4 is 23.5 Å². The highest BCUT2D eigenvalue weighted by Crippen LogP contribution is 2.35. The van der Waals surface area contributed by atoms with Gasteiger partial charge in [0.2, 0.25) is 0 Å². The van der Waals surface area contributed by atoms with Crippen molar-refractivity contribution in [3.63, 3.8) is 0 Å². The average molecular weight is 567 g/mol. The summed E-state index contributed by atoms with van der Waals surface area (Å²) >= 11 is 5.99. The molecule has 4 aromatic rings. The van der Waals surface area contributed by atoms with Gasteiger partial charge < -0.3 is 9.84 Å². The molecular weight excluding hydrogens is 536 g/mol. The third kappa shape index (κ3) is 8.10. The van der Waals surface area contributed by atoms with Crippen molar-refractivity contribution in [3.05, 3.63) is 143 Å². The molecule has 0 bridgehead atoms. The Labute approximate surface area is 245 Å². The minimum absolute atomic E-state index is 0.309. The molecule has 4 rings (SSSR count). The zero-order valence-corrected chi connectivity index (χ0v) is 23.6. The zero-order valence-electron chi connectivity index (χ0n) is 22.8. The number of allylic oxidation sites excluding steroid dienone is 4. The van der Waals surface area contributed by atoms with E-state index in [4.69, 9.17) is 16.3 Å². The number of hydrazine groups is 1. The van der Waals surface area contributed by atoms with E-state index < -0.39 is 12.0 Å². The fraction of sp³-hybridized carbons (Fsp3) is 0.118. The lowest BCUT2D eigenvalue weighted by molar-refractivity contribution is -0.138. The molecule has 0 fully saturated rings. The maximum absolute atomic E-state index is 13.7. The van der Waals surface area contributed by atoms with Crippen LogP contribution in [0.25, 0.3) is 11.1 Å². The number of para-hydroxylation sites is 2. The molecule has 0 aliphatic heterocycles. The maximum Gasteiger partial charge on any atom is 0.305 e. The Hall–Kier alpha value is -4.81. The predicted molar refractivity (Wildman–Crippen MR) is 163 cm³/mol. The van der Waals surface area contributed by atoms with Crippen LogP contribution in [0, 0.1) is 0 Å². The first kappa shape index (κ1) is 29.2. The van der Waals surface area contributed by atoms with Crippen molar-refractivity contribution in [2.75, 3.05) is 0 Å². The fourth-order valence-corrected chi connectivity index (χ4v) is 4.34. The summed E-state index contributed by atoms with van der Waals surface area (Å²) in [4.78, 5) is 25.7. The highest BCUT2D eigenvalue weighted by Gasteiger charge is 2.29. The SMILES string of the molecule is CC(Cl)=CC=C(C)NN(C(=O)c1ccccc1)C(CC(=O)O)c1ccc(-c2ccccc2Oc2ccccc2)cc1. The summed E-state index contributed by atoms with van der Waals surface area (Å²) in [6.45, 7) is 3.53. The van der Waals surface area contributed by atoms with E-state index in [2.05, 4.69) is 5.43 Å². The first-order valence-electron chi connectivity index (χ1n) is 13.1. The minimum Gasteiger partial charge on any atom is -0.481 e. The van der Waals surface area contributed by atoms with Gasteiger partial charge in [0, 0.05) is 21.9 Å². The van der Waals surface area contributed by atoms with E-state index in [-0.39, 0.29) is 12.3 Å². The van der Waals surface area contributed by atoms with E-state index in [0.29, 0.717) is 27.6 Å². The van der Waals surface area contributed by atoms with Crippen molar-refractivity contribution in [2.24, 2.45) is 0 Å². The van der Waals surface area contributed by atoms with Crippen LogP contribution in [0.3, 0.4) is 0 Å². The summed E-state index contributed by atoms with van der Waals surface area (Å²) < 4.78 is 6.14. The third-order valence-electron chi connectivity index (χ3n) is 6.24. The first-order valence-corrected chi connectivity index (χ1v) is 13.5. The largest absolute Gasteiger partial charge is 0.481 e. The number of aliphatic carboxylic acids is 1. The molecule has 0 saturated carbocycles. The van der Waals surface area contributed by atoms with E-state index in [9.17, 15) is 14.7 Å². The monoisotopic (exact) mass is 566 g/mol. The number of benzene rings is 4. The molecule has 0 radical (unpaired) electrons. The van der Waals surface area contributed by atoms with Crippen LogP contribution in [-0.2, 0) is 4.79 Å². The molecule has 0 aromatic heterocycles. The van der Waals surface area contributed by atoms with E-state index in [1.165, 1.54) is 5.01 Å². The van der Waals surface area contributed by atoms with E-state index in [1.807, 2.05) is 84.9 Å². The summed E-state index contributed by atoms with van der Waals surface area (Å²) in [7, 11) is 0. The molecular formula is C34H31ClN2O4. The lowest BCUT2D eigenvalue weighted by Gasteiger charge is -2.33. The van der Waals surface area contributed by atoms with Gasteiger partial charge in [-0.25, -0.2) is 5.01 Å². The topological polar surface area (TPSA) is 78.9 Å². The summed E-state index contributed by atoms with van der Waals surface area (Å²) in [5.74, 6) is 0.0229. The smallest absolute Gasteiger partial charge is 0.305 e. The van der Waals surface area contributed by atoms with Gasteiger partial charge in [0.25, 0.3) is 5.91 Å². The number of carbonyl (C=O) groups is 2. The molecule has 208 valence electrons. The number of halogens is 1. The van der Waals surface area contributed by atoms with Crippen molar-refractivity contribution in [1.82, 2.24) is 10.4 Å². The van der Waals surface area contributed by atoms with Crippen LogP contribution in [-0.4, -0.2) is 22.0 Å². The molecule has 0 aliphatic rings. The number of hydrogen-bond acceptors (Lipinski definition) is 4. The van der Waals surface area contributed by atoms with Gasteiger partial charge in [-0.05, 0) is 67.5 Å². The fourth-order valence-electron chi connectivity index (χ4n) is 4.28. The third-order valence-corrected chi connectivity index (χ3v) is 6.37. The normalized spacial score (nSPS) is 12.4. The number of hydrogen-bond donors (Lipinski definition) is 2. The number of rotatable bonds is 11. The quantitative estimate of drug-likeness (QED) is 0.141. The van der Waals surface area contributed by atoms with Crippen LogP contribution in [0.4, 0.5) is 0 Å². The van der Waals surface area contributed by atoms with Crippen LogP contribution in [0.15, 0.2) is 132 Å². The molecule has 0 heterocycles. The Morgan fingerprint density at radius 2 is 1.46 bits per heavy atom. The summed E-state index contributed by atoms with van der Waals surface area (Å²) in [5.41, 5.74) is 6.59. The Morgan fingerprint density at radius 1 is 0.854 bits per heavy atom. The van der Waals surface area contributed by atoms with Crippen LogP contribution in [0.2, 0.25) is 0 Å². The minimum atomic E-state index is -1.04. The van der Waals surface area contributed by atoms with Gasteiger partial charge in [-0.3, -0.25) is 15.0 Å². The number of amides is 1. The summed E-state index contributed by atoms with van der Waals surface area (Å²) in [6.07, 6.45) is 3.12. The second-order valence-corrected chi connectivity index (χ2v) is 10.00.